The standard InChI is InChI=1S/C16H16N2O2S2/c1-3-17-11-7-5-6-8-13(11)22-14(17)10-9-12-15(19)18(4-2)16(21)20-12/h5-10H,3-4H2,1-2H3/b12-9-,14-10+. The number of amides is 1. The smallest absolute Gasteiger partial charge is 0.297 e. The minimum Gasteiger partial charge on any atom is -0.426 e. The first kappa shape index (κ1) is 15.1. The first-order valence-corrected chi connectivity index (χ1v) is 8.38. The Morgan fingerprint density at radius 3 is 2.59 bits per heavy atom. The van der Waals surface area contributed by atoms with Crippen molar-refractivity contribution in [2.45, 2.75) is 18.7 Å². The van der Waals surface area contributed by atoms with Crippen molar-refractivity contribution < 1.29 is 9.53 Å². The predicted molar refractivity (Wildman–Crippen MR) is 92.6 cm³/mol. The van der Waals surface area contributed by atoms with Crippen LogP contribution in [0, 0.1) is 0 Å². The van der Waals surface area contributed by atoms with Crippen LogP contribution in [0.2, 0.25) is 0 Å². The third-order valence-corrected chi connectivity index (χ3v) is 4.95. The molecule has 1 aromatic rings. The molecule has 0 aliphatic carbocycles. The van der Waals surface area contributed by atoms with Gasteiger partial charge in [-0.25, -0.2) is 0 Å². The van der Waals surface area contributed by atoms with Gasteiger partial charge in [-0.2, -0.15) is 0 Å². The molecule has 0 bridgehead atoms. The Morgan fingerprint density at radius 1 is 1.18 bits per heavy atom. The number of carbonyl (C=O) groups excluding carboxylic acids is 1. The van der Waals surface area contributed by atoms with Gasteiger partial charge in [0.1, 0.15) is 0 Å². The first-order valence-electron chi connectivity index (χ1n) is 7.15. The predicted octanol–water partition coefficient (Wildman–Crippen LogP) is 3.51. The Bertz CT molecular complexity index is 697. The van der Waals surface area contributed by atoms with Gasteiger partial charge in [0, 0.05) is 18.0 Å². The highest BCUT2D eigenvalue weighted by molar-refractivity contribution is 8.03. The fraction of sp³-hybridized carbons (Fsp3) is 0.250. The number of benzene rings is 1. The molecule has 22 heavy (non-hydrogen) atoms. The molecule has 2 aliphatic heterocycles. The molecule has 1 aromatic carbocycles. The van der Waals surface area contributed by atoms with Gasteiger partial charge in [-0.3, -0.25) is 9.69 Å². The van der Waals surface area contributed by atoms with E-state index in [4.69, 9.17) is 17.0 Å². The summed E-state index contributed by atoms with van der Waals surface area (Å²) in [6.07, 6.45) is 3.63. The number of allylic oxidation sites excluding steroid dienone is 2. The van der Waals surface area contributed by atoms with Crippen LogP contribution in [-0.2, 0) is 9.53 Å². The summed E-state index contributed by atoms with van der Waals surface area (Å²) < 4.78 is 5.38. The van der Waals surface area contributed by atoms with Crippen molar-refractivity contribution in [3.63, 3.8) is 0 Å². The Morgan fingerprint density at radius 2 is 1.91 bits per heavy atom. The normalized spacial score (nSPS) is 21.0. The minimum absolute atomic E-state index is 0.173. The zero-order valence-corrected chi connectivity index (χ0v) is 14.0. The molecule has 114 valence electrons. The minimum atomic E-state index is -0.173. The second kappa shape index (κ2) is 6.14. The van der Waals surface area contributed by atoms with E-state index in [1.165, 1.54) is 15.5 Å². The number of rotatable bonds is 3. The molecule has 1 saturated heterocycles. The number of nitrogens with zero attached hydrogens (tertiary/aromatic N) is 2. The number of anilines is 1. The molecule has 4 nitrogen and oxygen atoms in total. The molecule has 0 spiro atoms. The van der Waals surface area contributed by atoms with Gasteiger partial charge in [-0.05, 0) is 50.4 Å². The molecular formula is C16H16N2O2S2. The molecule has 0 unspecified atom stereocenters. The van der Waals surface area contributed by atoms with E-state index in [1.54, 1.807) is 17.8 Å². The van der Waals surface area contributed by atoms with Crippen molar-refractivity contribution in [1.29, 1.82) is 0 Å². The number of thiocarbonyl (C=S) groups is 1. The second-order valence-corrected chi connectivity index (χ2v) is 6.18. The van der Waals surface area contributed by atoms with Crippen molar-refractivity contribution in [2.75, 3.05) is 18.0 Å². The van der Waals surface area contributed by atoms with E-state index >= 15 is 0 Å². The summed E-state index contributed by atoms with van der Waals surface area (Å²) >= 11 is 6.74. The van der Waals surface area contributed by atoms with Crippen LogP contribution >= 0.6 is 24.0 Å². The lowest BCUT2D eigenvalue weighted by Gasteiger charge is -2.17. The van der Waals surface area contributed by atoms with Crippen LogP contribution in [0.25, 0.3) is 0 Å². The Hall–Kier alpha value is -1.79. The summed E-state index contributed by atoms with van der Waals surface area (Å²) in [6.45, 7) is 5.37. The van der Waals surface area contributed by atoms with Crippen molar-refractivity contribution in [2.24, 2.45) is 0 Å². The van der Waals surface area contributed by atoms with Crippen LogP contribution in [0.15, 0.2) is 52.1 Å². The van der Waals surface area contributed by atoms with Gasteiger partial charge in [0.25, 0.3) is 11.1 Å². The SMILES string of the molecule is CCN1C(=O)/C(=C/C=C2/Sc3ccccc3N2CC)OC1=S. The van der Waals surface area contributed by atoms with Gasteiger partial charge in [0.05, 0.1) is 10.7 Å². The number of fused-ring (bicyclic) bond motifs is 1. The average Bonchev–Trinajstić information content (AvgIpc) is 3.01. The van der Waals surface area contributed by atoms with Crippen LogP contribution < -0.4 is 4.90 Å². The maximum absolute atomic E-state index is 12.1. The molecule has 2 aliphatic rings. The van der Waals surface area contributed by atoms with Gasteiger partial charge in [0.15, 0.2) is 5.76 Å². The zero-order valence-electron chi connectivity index (χ0n) is 12.4. The van der Waals surface area contributed by atoms with Crippen molar-refractivity contribution >= 4 is 40.7 Å². The summed E-state index contributed by atoms with van der Waals surface area (Å²) in [7, 11) is 0. The van der Waals surface area contributed by atoms with E-state index in [0.29, 0.717) is 6.54 Å². The van der Waals surface area contributed by atoms with Crippen LogP contribution in [0.4, 0.5) is 5.69 Å². The molecular weight excluding hydrogens is 316 g/mol. The first-order chi connectivity index (χ1) is 10.7. The van der Waals surface area contributed by atoms with E-state index in [-0.39, 0.29) is 16.8 Å². The maximum Gasteiger partial charge on any atom is 0.297 e. The largest absolute Gasteiger partial charge is 0.426 e. The number of thioether (sulfide) groups is 1. The molecule has 0 radical (unpaired) electrons. The van der Waals surface area contributed by atoms with Crippen LogP contribution in [-0.4, -0.2) is 29.1 Å². The van der Waals surface area contributed by atoms with Gasteiger partial charge in [-0.1, -0.05) is 23.9 Å². The average molecular weight is 332 g/mol. The highest BCUT2D eigenvalue weighted by Gasteiger charge is 2.32. The molecule has 0 atom stereocenters. The third-order valence-electron chi connectivity index (χ3n) is 3.52. The van der Waals surface area contributed by atoms with E-state index in [2.05, 4.69) is 24.0 Å². The number of ether oxygens (including phenoxy) is 1. The Kier molecular flexibility index (Phi) is 4.22. The quantitative estimate of drug-likeness (QED) is 0.625. The molecule has 1 amide bonds. The fourth-order valence-corrected chi connectivity index (χ4v) is 3.87. The zero-order chi connectivity index (χ0) is 15.7. The van der Waals surface area contributed by atoms with Gasteiger partial charge in [0.2, 0.25) is 0 Å². The van der Waals surface area contributed by atoms with Crippen LogP contribution in [0.1, 0.15) is 13.8 Å². The molecule has 0 aromatic heterocycles. The Balaban J connectivity index is 1.87. The summed E-state index contributed by atoms with van der Waals surface area (Å²) in [4.78, 5) is 17.0. The van der Waals surface area contributed by atoms with E-state index in [9.17, 15) is 4.79 Å². The highest BCUT2D eigenvalue weighted by Crippen LogP contribution is 2.45. The Labute approximate surface area is 139 Å². The number of para-hydroxylation sites is 1. The molecule has 3 rings (SSSR count). The van der Waals surface area contributed by atoms with E-state index in [0.717, 1.165) is 11.6 Å². The number of likely N-dealkylation sites (N-methyl/N-ethyl adjacent to an activating group) is 1. The lowest BCUT2D eigenvalue weighted by atomic mass is 10.3. The third kappa shape index (κ3) is 2.53. The monoisotopic (exact) mass is 332 g/mol. The number of carbonyl (C=O) groups is 1. The van der Waals surface area contributed by atoms with Crippen LogP contribution in [0.5, 0.6) is 0 Å². The van der Waals surface area contributed by atoms with Crippen molar-refractivity contribution in [3.05, 3.63) is 47.2 Å². The van der Waals surface area contributed by atoms with Gasteiger partial charge >= 0.3 is 0 Å². The summed E-state index contributed by atoms with van der Waals surface area (Å²) in [6, 6.07) is 8.26. The lowest BCUT2D eigenvalue weighted by Crippen LogP contribution is -2.27. The van der Waals surface area contributed by atoms with Gasteiger partial charge < -0.3 is 9.64 Å². The van der Waals surface area contributed by atoms with Crippen molar-refractivity contribution in [1.82, 2.24) is 4.90 Å². The molecule has 2 heterocycles. The summed E-state index contributed by atoms with van der Waals surface area (Å²) in [5.74, 6) is 0.111. The van der Waals surface area contributed by atoms with Crippen LogP contribution in [0.3, 0.4) is 0 Å². The molecule has 0 saturated carbocycles. The fourth-order valence-electron chi connectivity index (χ4n) is 2.44. The topological polar surface area (TPSA) is 32.8 Å². The maximum atomic E-state index is 12.1. The summed E-state index contributed by atoms with van der Waals surface area (Å²) in [5.41, 5.74) is 1.20. The number of hydrogen-bond donors (Lipinski definition) is 0. The van der Waals surface area contributed by atoms with Gasteiger partial charge in [-0.15, -0.1) is 0 Å². The van der Waals surface area contributed by atoms with E-state index in [1.807, 2.05) is 25.1 Å². The second-order valence-electron chi connectivity index (χ2n) is 4.77. The number of hydrogen-bond acceptors (Lipinski definition) is 5. The summed E-state index contributed by atoms with van der Waals surface area (Å²) in [5, 5.41) is 1.31. The lowest BCUT2D eigenvalue weighted by molar-refractivity contribution is -0.122. The van der Waals surface area contributed by atoms with Crippen molar-refractivity contribution in [3.8, 4) is 0 Å². The van der Waals surface area contributed by atoms with E-state index < -0.39 is 0 Å². The molecule has 1 fully saturated rings. The molecule has 6 heteroatoms. The molecule has 0 N–H and O–H groups in total. The highest BCUT2D eigenvalue weighted by atomic mass is 32.2.